The van der Waals surface area contributed by atoms with Gasteiger partial charge in [-0.3, -0.25) is 0 Å². The van der Waals surface area contributed by atoms with Crippen molar-refractivity contribution in [3.8, 4) is 5.75 Å². The van der Waals surface area contributed by atoms with Crippen molar-refractivity contribution in [3.63, 3.8) is 0 Å². The molecule has 1 aliphatic rings. The lowest BCUT2D eigenvalue weighted by atomic mass is 9.91. The molecule has 1 aromatic carbocycles. The van der Waals surface area contributed by atoms with E-state index in [9.17, 15) is 5.11 Å². The summed E-state index contributed by atoms with van der Waals surface area (Å²) < 4.78 is 0. The summed E-state index contributed by atoms with van der Waals surface area (Å²) >= 11 is 0. The fourth-order valence-electron chi connectivity index (χ4n) is 2.43. The van der Waals surface area contributed by atoms with Crippen molar-refractivity contribution >= 4 is 0 Å². The Morgan fingerprint density at radius 1 is 1.27 bits per heavy atom. The highest BCUT2D eigenvalue weighted by atomic mass is 16.3. The Morgan fingerprint density at radius 3 is 2.67 bits per heavy atom. The number of hydrogen-bond donors (Lipinski definition) is 2. The summed E-state index contributed by atoms with van der Waals surface area (Å²) in [7, 11) is 0. The molecule has 0 atom stereocenters. The molecule has 0 spiro atoms. The largest absolute Gasteiger partial charge is 0.508 e. The maximum absolute atomic E-state index is 9.34. The quantitative estimate of drug-likeness (QED) is 0.796. The highest BCUT2D eigenvalue weighted by Crippen LogP contribution is 2.31. The molecule has 0 aromatic heterocycles. The Balaban J connectivity index is 1.92. The summed E-state index contributed by atoms with van der Waals surface area (Å²) in [6.45, 7) is 0. The summed E-state index contributed by atoms with van der Waals surface area (Å²) in [6.07, 6.45) is 6.88. The molecule has 1 saturated carbocycles. The highest BCUT2D eigenvalue weighted by molar-refractivity contribution is 5.27. The van der Waals surface area contributed by atoms with Gasteiger partial charge in [-0.15, -0.1) is 0 Å². The second-order valence-electron chi connectivity index (χ2n) is 4.74. The Kier molecular flexibility index (Phi) is 2.96. The average Bonchev–Trinajstić information content (AvgIpc) is 2.63. The van der Waals surface area contributed by atoms with Crippen LogP contribution in [0.15, 0.2) is 24.3 Å². The third kappa shape index (κ3) is 2.72. The van der Waals surface area contributed by atoms with Gasteiger partial charge in [-0.05, 0) is 43.4 Å². The Hall–Kier alpha value is -1.02. The van der Waals surface area contributed by atoms with E-state index in [2.05, 4.69) is 6.07 Å². The average molecular weight is 205 g/mol. The van der Waals surface area contributed by atoms with Crippen LogP contribution < -0.4 is 5.73 Å². The van der Waals surface area contributed by atoms with Crippen molar-refractivity contribution in [2.45, 2.75) is 44.1 Å². The SMILES string of the molecule is NC1(CCc2cccc(O)c2)CCCC1. The van der Waals surface area contributed by atoms with Crippen LogP contribution in [0.5, 0.6) is 5.75 Å². The van der Waals surface area contributed by atoms with Crippen LogP contribution in [0.3, 0.4) is 0 Å². The molecule has 0 heterocycles. The van der Waals surface area contributed by atoms with Gasteiger partial charge in [0.05, 0.1) is 0 Å². The zero-order valence-electron chi connectivity index (χ0n) is 9.08. The van der Waals surface area contributed by atoms with Gasteiger partial charge in [0.1, 0.15) is 5.75 Å². The first-order chi connectivity index (χ1) is 7.18. The summed E-state index contributed by atoms with van der Waals surface area (Å²) in [5.41, 5.74) is 7.53. The molecule has 1 aliphatic carbocycles. The van der Waals surface area contributed by atoms with Crippen molar-refractivity contribution in [1.82, 2.24) is 0 Å². The van der Waals surface area contributed by atoms with Gasteiger partial charge in [-0.1, -0.05) is 25.0 Å². The van der Waals surface area contributed by atoms with E-state index in [0.29, 0.717) is 5.75 Å². The van der Waals surface area contributed by atoms with Crippen LogP contribution in [-0.4, -0.2) is 10.6 Å². The molecular weight excluding hydrogens is 186 g/mol. The lowest BCUT2D eigenvalue weighted by Crippen LogP contribution is -2.36. The molecule has 2 nitrogen and oxygen atoms in total. The normalized spacial score (nSPS) is 19.3. The van der Waals surface area contributed by atoms with E-state index >= 15 is 0 Å². The Morgan fingerprint density at radius 2 is 2.00 bits per heavy atom. The number of aryl methyl sites for hydroxylation is 1. The molecule has 0 bridgehead atoms. The minimum atomic E-state index is 0.0610. The molecule has 1 aromatic rings. The van der Waals surface area contributed by atoms with Gasteiger partial charge in [0.2, 0.25) is 0 Å². The van der Waals surface area contributed by atoms with Gasteiger partial charge < -0.3 is 10.8 Å². The van der Waals surface area contributed by atoms with Crippen LogP contribution in [-0.2, 0) is 6.42 Å². The number of hydrogen-bond acceptors (Lipinski definition) is 2. The first-order valence-electron chi connectivity index (χ1n) is 5.75. The fraction of sp³-hybridized carbons (Fsp3) is 0.538. The Bertz CT molecular complexity index is 329. The third-order valence-electron chi connectivity index (χ3n) is 3.42. The smallest absolute Gasteiger partial charge is 0.115 e. The molecule has 2 heteroatoms. The first kappa shape index (κ1) is 10.5. The molecule has 0 radical (unpaired) electrons. The van der Waals surface area contributed by atoms with E-state index in [1.807, 2.05) is 12.1 Å². The van der Waals surface area contributed by atoms with Crippen LogP contribution in [0.1, 0.15) is 37.7 Å². The van der Waals surface area contributed by atoms with E-state index in [1.165, 1.54) is 18.4 Å². The van der Waals surface area contributed by atoms with Gasteiger partial charge in [0.25, 0.3) is 0 Å². The maximum Gasteiger partial charge on any atom is 0.115 e. The summed E-state index contributed by atoms with van der Waals surface area (Å²) in [5, 5.41) is 9.34. The number of aromatic hydroxyl groups is 1. The van der Waals surface area contributed by atoms with Gasteiger partial charge in [0, 0.05) is 5.54 Å². The van der Waals surface area contributed by atoms with E-state index in [0.717, 1.165) is 25.7 Å². The number of nitrogens with two attached hydrogens (primary N) is 1. The maximum atomic E-state index is 9.34. The lowest BCUT2D eigenvalue weighted by molar-refractivity contribution is 0.405. The number of benzene rings is 1. The van der Waals surface area contributed by atoms with Crippen LogP contribution in [0.4, 0.5) is 0 Å². The van der Waals surface area contributed by atoms with Gasteiger partial charge in [-0.25, -0.2) is 0 Å². The highest BCUT2D eigenvalue weighted by Gasteiger charge is 2.28. The second-order valence-corrected chi connectivity index (χ2v) is 4.74. The zero-order valence-corrected chi connectivity index (χ0v) is 9.08. The standard InChI is InChI=1S/C13H19NO/c14-13(7-1-2-8-13)9-6-11-4-3-5-12(15)10-11/h3-5,10,15H,1-2,6-9,14H2. The molecule has 0 amide bonds. The fourth-order valence-corrected chi connectivity index (χ4v) is 2.43. The third-order valence-corrected chi connectivity index (χ3v) is 3.42. The van der Waals surface area contributed by atoms with E-state index in [-0.39, 0.29) is 5.54 Å². The van der Waals surface area contributed by atoms with Gasteiger partial charge >= 0.3 is 0 Å². The van der Waals surface area contributed by atoms with E-state index in [1.54, 1.807) is 6.07 Å². The van der Waals surface area contributed by atoms with Crippen LogP contribution in [0.2, 0.25) is 0 Å². The molecule has 3 N–H and O–H groups in total. The van der Waals surface area contributed by atoms with Crippen LogP contribution >= 0.6 is 0 Å². The monoisotopic (exact) mass is 205 g/mol. The van der Waals surface area contributed by atoms with Crippen molar-refractivity contribution < 1.29 is 5.11 Å². The minimum Gasteiger partial charge on any atom is -0.508 e. The molecule has 0 aliphatic heterocycles. The number of phenols is 1. The summed E-state index contributed by atoms with van der Waals surface area (Å²) in [6, 6.07) is 7.48. The predicted molar refractivity (Wildman–Crippen MR) is 61.8 cm³/mol. The molecule has 0 unspecified atom stereocenters. The minimum absolute atomic E-state index is 0.0610. The van der Waals surface area contributed by atoms with E-state index in [4.69, 9.17) is 5.73 Å². The molecular formula is C13H19NO. The molecule has 1 fully saturated rings. The number of phenolic OH excluding ortho intramolecular Hbond substituents is 1. The second kappa shape index (κ2) is 4.23. The van der Waals surface area contributed by atoms with Crippen LogP contribution in [0.25, 0.3) is 0 Å². The van der Waals surface area contributed by atoms with Crippen molar-refractivity contribution in [2.75, 3.05) is 0 Å². The van der Waals surface area contributed by atoms with E-state index < -0.39 is 0 Å². The molecule has 2 rings (SSSR count). The molecule has 15 heavy (non-hydrogen) atoms. The molecule has 0 saturated heterocycles. The van der Waals surface area contributed by atoms with Crippen molar-refractivity contribution in [2.24, 2.45) is 5.73 Å². The Labute approximate surface area is 91.1 Å². The van der Waals surface area contributed by atoms with Gasteiger partial charge in [0.15, 0.2) is 0 Å². The lowest BCUT2D eigenvalue weighted by Gasteiger charge is -2.23. The first-order valence-corrected chi connectivity index (χ1v) is 5.75. The predicted octanol–water partition coefficient (Wildman–Crippen LogP) is 2.60. The summed E-state index contributed by atoms with van der Waals surface area (Å²) in [4.78, 5) is 0. The topological polar surface area (TPSA) is 46.2 Å². The molecule has 82 valence electrons. The van der Waals surface area contributed by atoms with Gasteiger partial charge in [-0.2, -0.15) is 0 Å². The van der Waals surface area contributed by atoms with Crippen molar-refractivity contribution in [1.29, 1.82) is 0 Å². The summed E-state index contributed by atoms with van der Waals surface area (Å²) in [5.74, 6) is 0.352. The van der Waals surface area contributed by atoms with Crippen molar-refractivity contribution in [3.05, 3.63) is 29.8 Å². The van der Waals surface area contributed by atoms with Crippen LogP contribution in [0, 0.1) is 0 Å². The number of rotatable bonds is 3. The zero-order chi connectivity index (χ0) is 10.7.